The highest BCUT2D eigenvalue weighted by atomic mass is 32.2. The zero-order chi connectivity index (χ0) is 19.4. The number of sulfonamides is 1. The Morgan fingerprint density at radius 3 is 2.59 bits per heavy atom. The maximum absolute atomic E-state index is 12.8. The minimum absolute atomic E-state index is 0.00355. The highest BCUT2D eigenvalue weighted by Gasteiger charge is 2.30. The Kier molecular flexibility index (Phi) is 6.23. The van der Waals surface area contributed by atoms with E-state index in [1.54, 1.807) is 19.9 Å². The van der Waals surface area contributed by atoms with Crippen molar-refractivity contribution in [3.8, 4) is 11.5 Å². The average Bonchev–Trinajstić information content (AvgIpc) is 3.17. The molecule has 2 N–H and O–H groups in total. The third-order valence-corrected chi connectivity index (χ3v) is 6.02. The molecule has 9 heteroatoms. The maximum Gasteiger partial charge on any atom is 0.241 e. The summed E-state index contributed by atoms with van der Waals surface area (Å²) in [7, 11) is -3.90. The van der Waals surface area contributed by atoms with E-state index in [0.717, 1.165) is 12.8 Å². The van der Waals surface area contributed by atoms with E-state index >= 15 is 0 Å². The maximum atomic E-state index is 12.8. The van der Waals surface area contributed by atoms with Crippen molar-refractivity contribution >= 4 is 15.9 Å². The Morgan fingerprint density at radius 2 is 1.93 bits per heavy atom. The van der Waals surface area contributed by atoms with Gasteiger partial charge in [-0.05, 0) is 30.9 Å². The van der Waals surface area contributed by atoms with E-state index in [2.05, 4.69) is 10.0 Å². The van der Waals surface area contributed by atoms with E-state index in [0.29, 0.717) is 37.9 Å². The highest BCUT2D eigenvalue weighted by molar-refractivity contribution is 7.89. The van der Waals surface area contributed by atoms with Crippen LogP contribution < -0.4 is 19.5 Å². The molecule has 0 unspecified atom stereocenters. The van der Waals surface area contributed by atoms with Gasteiger partial charge in [-0.15, -0.1) is 0 Å². The second kappa shape index (κ2) is 8.45. The van der Waals surface area contributed by atoms with Crippen molar-refractivity contribution in [2.75, 3.05) is 26.4 Å². The molecule has 1 fully saturated rings. The summed E-state index contributed by atoms with van der Waals surface area (Å²) in [4.78, 5) is 12.6. The topological polar surface area (TPSA) is 103 Å². The molecule has 0 radical (unpaired) electrons. The summed E-state index contributed by atoms with van der Waals surface area (Å²) < 4.78 is 44.4. The summed E-state index contributed by atoms with van der Waals surface area (Å²) in [5.41, 5.74) is 0. The normalized spacial score (nSPS) is 20.5. The fraction of sp³-hybridized carbons (Fsp3) is 0.611. The van der Waals surface area contributed by atoms with Crippen LogP contribution in [0.25, 0.3) is 0 Å². The number of fused-ring (bicyclic) bond motifs is 1. The van der Waals surface area contributed by atoms with Crippen LogP contribution in [0.4, 0.5) is 0 Å². The largest absolute Gasteiger partial charge is 0.486 e. The molecular formula is C18H26N2O6S. The number of benzene rings is 1. The standard InChI is InChI=1S/C18H26N2O6S/c1-12(2)17(18(21)19-11-13-4-3-7-24-13)20-27(22,23)14-5-6-15-16(10-14)26-9-8-25-15/h5-6,10,12-13,17,20H,3-4,7-9,11H2,1-2H3,(H,19,21)/t13-,17+/m1/s1. The first-order valence-corrected chi connectivity index (χ1v) is 10.7. The van der Waals surface area contributed by atoms with Gasteiger partial charge in [0.1, 0.15) is 19.3 Å². The lowest BCUT2D eigenvalue weighted by atomic mass is 10.0. The number of rotatable bonds is 7. The van der Waals surface area contributed by atoms with Crippen molar-refractivity contribution in [1.82, 2.24) is 10.0 Å². The molecule has 1 saturated heterocycles. The minimum Gasteiger partial charge on any atom is -0.486 e. The Morgan fingerprint density at radius 1 is 1.19 bits per heavy atom. The number of nitrogens with one attached hydrogen (secondary N) is 2. The van der Waals surface area contributed by atoms with Crippen LogP contribution in [-0.2, 0) is 19.6 Å². The second-order valence-corrected chi connectivity index (χ2v) is 8.74. The van der Waals surface area contributed by atoms with E-state index in [9.17, 15) is 13.2 Å². The summed E-state index contributed by atoms with van der Waals surface area (Å²) in [6.07, 6.45) is 1.87. The quantitative estimate of drug-likeness (QED) is 0.712. The fourth-order valence-corrected chi connectivity index (χ4v) is 4.41. The molecule has 8 nitrogen and oxygen atoms in total. The molecule has 2 aliphatic rings. The third-order valence-electron chi connectivity index (χ3n) is 4.58. The molecule has 150 valence electrons. The van der Waals surface area contributed by atoms with Gasteiger partial charge in [0.05, 0.1) is 11.0 Å². The van der Waals surface area contributed by atoms with Gasteiger partial charge >= 0.3 is 0 Å². The monoisotopic (exact) mass is 398 g/mol. The van der Waals surface area contributed by atoms with Crippen LogP contribution in [0, 0.1) is 5.92 Å². The SMILES string of the molecule is CC(C)[C@H](NS(=O)(=O)c1ccc2c(c1)OCCO2)C(=O)NC[C@H]1CCCO1. The average molecular weight is 398 g/mol. The molecule has 1 amide bonds. The summed E-state index contributed by atoms with van der Waals surface area (Å²) in [6, 6.07) is 3.53. The smallest absolute Gasteiger partial charge is 0.241 e. The van der Waals surface area contributed by atoms with Gasteiger partial charge in [-0.25, -0.2) is 8.42 Å². The molecule has 27 heavy (non-hydrogen) atoms. The van der Waals surface area contributed by atoms with E-state index < -0.39 is 16.1 Å². The van der Waals surface area contributed by atoms with Crippen LogP contribution in [0.3, 0.4) is 0 Å². The molecule has 0 bridgehead atoms. The number of carbonyl (C=O) groups excluding carboxylic acids is 1. The van der Waals surface area contributed by atoms with E-state index in [4.69, 9.17) is 14.2 Å². The Labute approximate surface area is 159 Å². The summed E-state index contributed by atoms with van der Waals surface area (Å²) >= 11 is 0. The van der Waals surface area contributed by atoms with Crippen molar-refractivity contribution < 1.29 is 27.4 Å². The second-order valence-electron chi connectivity index (χ2n) is 7.03. The van der Waals surface area contributed by atoms with Crippen molar-refractivity contribution in [1.29, 1.82) is 0 Å². The molecule has 2 aliphatic heterocycles. The van der Waals surface area contributed by atoms with Crippen LogP contribution in [-0.4, -0.2) is 52.8 Å². The predicted octanol–water partition coefficient (Wildman–Crippen LogP) is 1.06. The molecule has 0 spiro atoms. The van der Waals surface area contributed by atoms with Gasteiger partial charge < -0.3 is 19.5 Å². The summed E-state index contributed by atoms with van der Waals surface area (Å²) in [5, 5.41) is 2.79. The molecular weight excluding hydrogens is 372 g/mol. The van der Waals surface area contributed by atoms with Crippen LogP contribution in [0.1, 0.15) is 26.7 Å². The number of hydrogen-bond donors (Lipinski definition) is 2. The van der Waals surface area contributed by atoms with Crippen LogP contribution >= 0.6 is 0 Å². The van der Waals surface area contributed by atoms with Crippen molar-refractivity contribution in [3.63, 3.8) is 0 Å². The first-order chi connectivity index (χ1) is 12.9. The first kappa shape index (κ1) is 19.9. The fourth-order valence-electron chi connectivity index (χ4n) is 3.05. The summed E-state index contributed by atoms with van der Waals surface area (Å²) in [6.45, 7) is 5.46. The number of ether oxygens (including phenoxy) is 3. The zero-order valence-corrected chi connectivity index (χ0v) is 16.4. The van der Waals surface area contributed by atoms with Gasteiger partial charge in [-0.3, -0.25) is 4.79 Å². The number of hydrogen-bond acceptors (Lipinski definition) is 6. The zero-order valence-electron chi connectivity index (χ0n) is 15.6. The van der Waals surface area contributed by atoms with Crippen molar-refractivity contribution in [2.45, 2.75) is 43.7 Å². The van der Waals surface area contributed by atoms with Gasteiger partial charge in [0.2, 0.25) is 15.9 Å². The number of amides is 1. The Bertz CT molecular complexity index is 774. The lowest BCUT2D eigenvalue weighted by Crippen LogP contribution is -2.50. The van der Waals surface area contributed by atoms with E-state index in [1.807, 2.05) is 0 Å². The van der Waals surface area contributed by atoms with Crippen molar-refractivity contribution in [2.24, 2.45) is 5.92 Å². The molecule has 3 rings (SSSR count). The molecule has 2 atom stereocenters. The van der Waals surface area contributed by atoms with Gasteiger partial charge in [-0.2, -0.15) is 4.72 Å². The Hall–Kier alpha value is -1.84. The molecule has 2 heterocycles. The molecule has 0 aromatic heterocycles. The molecule has 1 aromatic rings. The number of carbonyl (C=O) groups is 1. The molecule has 0 saturated carbocycles. The van der Waals surface area contributed by atoms with E-state index in [1.165, 1.54) is 12.1 Å². The van der Waals surface area contributed by atoms with Crippen LogP contribution in [0.5, 0.6) is 11.5 Å². The van der Waals surface area contributed by atoms with Gasteiger partial charge in [0.25, 0.3) is 0 Å². The van der Waals surface area contributed by atoms with Gasteiger partial charge in [0.15, 0.2) is 11.5 Å². The van der Waals surface area contributed by atoms with Crippen molar-refractivity contribution in [3.05, 3.63) is 18.2 Å². The highest BCUT2D eigenvalue weighted by Crippen LogP contribution is 2.32. The summed E-state index contributed by atoms with van der Waals surface area (Å²) in [5.74, 6) is 0.311. The third kappa shape index (κ3) is 4.91. The predicted molar refractivity (Wildman–Crippen MR) is 98.4 cm³/mol. The first-order valence-electron chi connectivity index (χ1n) is 9.18. The van der Waals surface area contributed by atoms with Gasteiger partial charge in [0, 0.05) is 19.2 Å². The molecule has 0 aliphatic carbocycles. The van der Waals surface area contributed by atoms with E-state index in [-0.39, 0.29) is 22.8 Å². The van der Waals surface area contributed by atoms with Gasteiger partial charge in [-0.1, -0.05) is 13.8 Å². The van der Waals surface area contributed by atoms with Crippen LogP contribution in [0.15, 0.2) is 23.1 Å². The lowest BCUT2D eigenvalue weighted by Gasteiger charge is -2.23. The Balaban J connectivity index is 1.69. The molecule has 1 aromatic carbocycles. The minimum atomic E-state index is -3.90. The lowest BCUT2D eigenvalue weighted by molar-refractivity contribution is -0.124. The van der Waals surface area contributed by atoms with Crippen LogP contribution in [0.2, 0.25) is 0 Å².